The van der Waals surface area contributed by atoms with Gasteiger partial charge in [-0.25, -0.2) is 0 Å². The van der Waals surface area contributed by atoms with Crippen molar-refractivity contribution in [2.45, 2.75) is 58.0 Å². The van der Waals surface area contributed by atoms with E-state index in [2.05, 4.69) is 45.2 Å². The van der Waals surface area contributed by atoms with Gasteiger partial charge in [0.2, 0.25) is 5.91 Å². The smallest absolute Gasteiger partial charge is 0.227 e. The van der Waals surface area contributed by atoms with Gasteiger partial charge in [0.05, 0.1) is 5.92 Å². The monoisotopic (exact) mass is 422 g/mol. The third kappa shape index (κ3) is 5.08. The summed E-state index contributed by atoms with van der Waals surface area (Å²) in [5, 5.41) is 3.38. The van der Waals surface area contributed by atoms with E-state index in [4.69, 9.17) is 4.74 Å². The summed E-state index contributed by atoms with van der Waals surface area (Å²) in [6.07, 6.45) is 6.46. The van der Waals surface area contributed by atoms with Crippen LogP contribution in [0.15, 0.2) is 16.6 Å². The molecule has 1 aliphatic carbocycles. The minimum absolute atomic E-state index is 0.152. The average molecular weight is 423 g/mol. The van der Waals surface area contributed by atoms with Crippen LogP contribution in [0.4, 0.5) is 0 Å². The van der Waals surface area contributed by atoms with Crippen LogP contribution >= 0.6 is 15.9 Å². The number of nitrogens with zero attached hydrogens (tertiary/aromatic N) is 1. The molecule has 1 N–H and O–H groups in total. The van der Waals surface area contributed by atoms with Gasteiger partial charge in [-0.1, -0.05) is 22.0 Å². The Labute approximate surface area is 165 Å². The van der Waals surface area contributed by atoms with Gasteiger partial charge in [-0.2, -0.15) is 0 Å². The highest BCUT2D eigenvalue weighted by molar-refractivity contribution is 9.10. The maximum atomic E-state index is 13.1. The molecule has 1 aromatic rings. The molecule has 0 bridgehead atoms. The van der Waals surface area contributed by atoms with Crippen LogP contribution < -0.4 is 5.32 Å². The molecule has 1 atom stereocenters. The number of rotatable bonds is 8. The lowest BCUT2D eigenvalue weighted by Gasteiger charge is -2.30. The third-order valence-corrected chi connectivity index (χ3v) is 6.40. The maximum Gasteiger partial charge on any atom is 0.227 e. The first-order valence-electron chi connectivity index (χ1n) is 9.88. The fraction of sp³-hybridized carbons (Fsp3) is 0.667. The molecular weight excluding hydrogens is 392 g/mol. The Morgan fingerprint density at radius 3 is 2.81 bits per heavy atom. The third-order valence-electron chi connectivity index (χ3n) is 5.58. The van der Waals surface area contributed by atoms with E-state index in [-0.39, 0.29) is 5.92 Å². The zero-order valence-corrected chi connectivity index (χ0v) is 17.6. The van der Waals surface area contributed by atoms with Gasteiger partial charge in [0.1, 0.15) is 0 Å². The van der Waals surface area contributed by atoms with Gasteiger partial charge in [0.25, 0.3) is 0 Å². The molecule has 0 radical (unpaired) electrons. The number of amides is 1. The Balaban J connectivity index is 1.73. The molecule has 2 fully saturated rings. The second-order valence-corrected chi connectivity index (χ2v) is 8.55. The van der Waals surface area contributed by atoms with Crippen LogP contribution in [0, 0.1) is 12.8 Å². The van der Waals surface area contributed by atoms with Gasteiger partial charge in [-0.15, -0.1) is 0 Å². The lowest BCUT2D eigenvalue weighted by molar-refractivity contribution is -0.137. The van der Waals surface area contributed by atoms with Crippen molar-refractivity contribution in [1.29, 1.82) is 0 Å². The summed E-state index contributed by atoms with van der Waals surface area (Å²) in [6.45, 7) is 5.55. The summed E-state index contributed by atoms with van der Waals surface area (Å²) in [4.78, 5) is 15.2. The highest BCUT2D eigenvalue weighted by atomic mass is 79.9. The predicted octanol–water partition coefficient (Wildman–Crippen LogP) is 3.83. The van der Waals surface area contributed by atoms with E-state index in [1.165, 1.54) is 16.7 Å². The van der Waals surface area contributed by atoms with Crippen molar-refractivity contribution in [1.82, 2.24) is 10.2 Å². The Morgan fingerprint density at radius 1 is 1.35 bits per heavy atom. The fourth-order valence-corrected chi connectivity index (χ4v) is 4.37. The van der Waals surface area contributed by atoms with Crippen molar-refractivity contribution < 1.29 is 9.53 Å². The summed E-state index contributed by atoms with van der Waals surface area (Å²) in [5.41, 5.74) is 3.89. The normalized spacial score (nSPS) is 20.2. The number of nitrogens with one attached hydrogen (secondary N) is 1. The Hall–Kier alpha value is -0.910. The molecule has 26 heavy (non-hydrogen) atoms. The molecule has 1 heterocycles. The largest absolute Gasteiger partial charge is 0.385 e. The predicted molar refractivity (Wildman–Crippen MR) is 108 cm³/mol. The first-order valence-corrected chi connectivity index (χ1v) is 10.7. The van der Waals surface area contributed by atoms with Crippen molar-refractivity contribution in [2.75, 3.05) is 26.8 Å². The molecule has 1 amide bonds. The molecule has 1 aliphatic heterocycles. The number of halogens is 1. The quantitative estimate of drug-likeness (QED) is 0.647. The van der Waals surface area contributed by atoms with Crippen LogP contribution in [0.25, 0.3) is 0 Å². The van der Waals surface area contributed by atoms with Crippen LogP contribution in [-0.2, 0) is 22.5 Å². The second kappa shape index (κ2) is 9.34. The molecule has 3 rings (SSSR count). The molecule has 1 saturated heterocycles. The summed E-state index contributed by atoms with van der Waals surface area (Å²) in [5.74, 6) is 0.497. The molecule has 4 nitrogen and oxygen atoms in total. The van der Waals surface area contributed by atoms with E-state index in [0.29, 0.717) is 11.9 Å². The van der Waals surface area contributed by atoms with Gasteiger partial charge in [0.15, 0.2) is 0 Å². The van der Waals surface area contributed by atoms with Crippen molar-refractivity contribution in [3.8, 4) is 0 Å². The van der Waals surface area contributed by atoms with Crippen molar-refractivity contribution in [3.63, 3.8) is 0 Å². The van der Waals surface area contributed by atoms with Crippen molar-refractivity contribution >= 4 is 21.8 Å². The maximum absolute atomic E-state index is 13.1. The standard InChI is InChI=1S/C21H31BrN2O2/c1-15-17(6-4-10-26-2)11-16(12-20(15)22)14-24(19-7-8-19)21(25)18-5-3-9-23-13-18/h11-12,18-19,23H,3-10,13-14H2,1-2H3. The number of piperidine rings is 1. The molecular formula is C21H31BrN2O2. The van der Waals surface area contributed by atoms with Gasteiger partial charge in [0, 0.05) is 37.3 Å². The summed E-state index contributed by atoms with van der Waals surface area (Å²) in [7, 11) is 1.75. The van der Waals surface area contributed by atoms with E-state index in [1.807, 2.05) is 0 Å². The summed E-state index contributed by atoms with van der Waals surface area (Å²) in [6, 6.07) is 4.93. The number of aryl methyl sites for hydroxylation is 1. The number of hydrogen-bond donors (Lipinski definition) is 1. The number of methoxy groups -OCH3 is 1. The van der Waals surface area contributed by atoms with Crippen LogP contribution in [0.3, 0.4) is 0 Å². The Bertz CT molecular complexity index is 625. The average Bonchev–Trinajstić information content (AvgIpc) is 3.49. The number of carbonyl (C=O) groups excluding carboxylic acids is 1. The first-order chi connectivity index (χ1) is 12.6. The first kappa shape index (κ1) is 19.8. The minimum atomic E-state index is 0.152. The summed E-state index contributed by atoms with van der Waals surface area (Å²) < 4.78 is 6.34. The Morgan fingerprint density at radius 2 is 2.15 bits per heavy atom. The van der Waals surface area contributed by atoms with Crippen LogP contribution in [-0.4, -0.2) is 43.7 Å². The Kier molecular flexibility index (Phi) is 7.12. The van der Waals surface area contributed by atoms with E-state index < -0.39 is 0 Å². The van der Waals surface area contributed by atoms with E-state index in [0.717, 1.165) is 69.2 Å². The van der Waals surface area contributed by atoms with E-state index >= 15 is 0 Å². The van der Waals surface area contributed by atoms with Gasteiger partial charge < -0.3 is 15.0 Å². The van der Waals surface area contributed by atoms with Crippen molar-refractivity contribution in [3.05, 3.63) is 33.3 Å². The minimum Gasteiger partial charge on any atom is -0.385 e. The highest BCUT2D eigenvalue weighted by Crippen LogP contribution is 2.32. The van der Waals surface area contributed by atoms with Crippen molar-refractivity contribution in [2.24, 2.45) is 5.92 Å². The highest BCUT2D eigenvalue weighted by Gasteiger charge is 2.36. The SMILES string of the molecule is COCCCc1cc(CN(C(=O)C2CCCNC2)C2CC2)cc(Br)c1C. The number of carbonyl (C=O) groups is 1. The van der Waals surface area contributed by atoms with Gasteiger partial charge >= 0.3 is 0 Å². The number of ether oxygens (including phenoxy) is 1. The van der Waals surface area contributed by atoms with Crippen LogP contribution in [0.1, 0.15) is 48.8 Å². The lowest BCUT2D eigenvalue weighted by atomic mass is 9.97. The fourth-order valence-electron chi connectivity index (χ4n) is 3.82. The molecule has 1 aromatic carbocycles. The molecule has 2 aliphatic rings. The lowest BCUT2D eigenvalue weighted by Crippen LogP contribution is -2.43. The van der Waals surface area contributed by atoms with E-state index in [9.17, 15) is 4.79 Å². The second-order valence-electron chi connectivity index (χ2n) is 7.70. The molecule has 5 heteroatoms. The molecule has 1 unspecified atom stereocenters. The van der Waals surface area contributed by atoms with Crippen LogP contribution in [0.2, 0.25) is 0 Å². The molecule has 0 aromatic heterocycles. The molecule has 1 saturated carbocycles. The summed E-state index contributed by atoms with van der Waals surface area (Å²) >= 11 is 3.72. The molecule has 0 spiro atoms. The molecule has 144 valence electrons. The zero-order chi connectivity index (χ0) is 18.5. The van der Waals surface area contributed by atoms with E-state index in [1.54, 1.807) is 7.11 Å². The zero-order valence-electron chi connectivity index (χ0n) is 16.0. The van der Waals surface area contributed by atoms with Gasteiger partial charge in [-0.05, 0) is 74.8 Å². The number of benzene rings is 1. The van der Waals surface area contributed by atoms with Gasteiger partial charge in [-0.3, -0.25) is 4.79 Å². The topological polar surface area (TPSA) is 41.6 Å². The number of hydrogen-bond acceptors (Lipinski definition) is 3. The van der Waals surface area contributed by atoms with Crippen LogP contribution in [0.5, 0.6) is 0 Å².